The number of hydrogen-bond acceptors (Lipinski definition) is 4. The minimum Gasteiger partial charge on any atom is -0.451 e. The Morgan fingerprint density at radius 1 is 1.24 bits per heavy atom. The summed E-state index contributed by atoms with van der Waals surface area (Å²) in [4.78, 5) is 10.1. The van der Waals surface area contributed by atoms with E-state index < -0.39 is 28.9 Å². The molecule has 0 aliphatic carbocycles. The average molecular weight is 295 g/mol. The van der Waals surface area contributed by atoms with Crippen LogP contribution in [-0.4, -0.2) is 10.0 Å². The van der Waals surface area contributed by atoms with E-state index >= 15 is 0 Å². The van der Waals surface area contributed by atoms with Gasteiger partial charge in [-0.25, -0.2) is 8.78 Å². The predicted molar refractivity (Wildman–Crippen MR) is 70.2 cm³/mol. The van der Waals surface area contributed by atoms with Gasteiger partial charge in [-0.2, -0.15) is 0 Å². The van der Waals surface area contributed by atoms with Crippen LogP contribution in [0.5, 0.6) is 11.5 Å². The number of ether oxygens (including phenoxy) is 1. The van der Waals surface area contributed by atoms with Gasteiger partial charge in [-0.05, 0) is 36.8 Å². The molecule has 5 nitrogen and oxygen atoms in total. The second-order valence-electron chi connectivity index (χ2n) is 4.35. The number of nitrogens with zero attached hydrogens (tertiary/aromatic N) is 1. The largest absolute Gasteiger partial charge is 0.451 e. The highest BCUT2D eigenvalue weighted by Crippen LogP contribution is 2.31. The molecule has 0 aromatic heterocycles. The molecule has 21 heavy (non-hydrogen) atoms. The van der Waals surface area contributed by atoms with E-state index in [2.05, 4.69) is 0 Å². The molecule has 0 aliphatic heterocycles. The average Bonchev–Trinajstić information content (AvgIpc) is 2.42. The molecular formula is C14H11F2NO4. The van der Waals surface area contributed by atoms with Crippen LogP contribution < -0.4 is 4.74 Å². The number of benzene rings is 2. The molecule has 0 heterocycles. The van der Waals surface area contributed by atoms with Crippen molar-refractivity contribution in [2.24, 2.45) is 0 Å². The maximum absolute atomic E-state index is 13.7. The summed E-state index contributed by atoms with van der Waals surface area (Å²) in [5.41, 5.74) is 0.279. The highest BCUT2D eigenvalue weighted by atomic mass is 19.1. The van der Waals surface area contributed by atoms with Crippen LogP contribution >= 0.6 is 0 Å². The summed E-state index contributed by atoms with van der Waals surface area (Å²) in [6, 6.07) is 5.68. The lowest BCUT2D eigenvalue weighted by Crippen LogP contribution is -1.97. The first kappa shape index (κ1) is 14.9. The van der Waals surface area contributed by atoms with Crippen LogP contribution in [0.25, 0.3) is 0 Å². The van der Waals surface area contributed by atoms with Crippen molar-refractivity contribution < 1.29 is 23.5 Å². The summed E-state index contributed by atoms with van der Waals surface area (Å²) < 4.78 is 32.5. The zero-order chi connectivity index (χ0) is 15.6. The van der Waals surface area contributed by atoms with Crippen LogP contribution in [0.15, 0.2) is 30.3 Å². The highest BCUT2D eigenvalue weighted by molar-refractivity contribution is 5.46. The van der Waals surface area contributed by atoms with Gasteiger partial charge in [0.25, 0.3) is 5.69 Å². The van der Waals surface area contributed by atoms with Gasteiger partial charge in [0, 0.05) is 11.6 Å². The molecule has 0 spiro atoms. The Hall–Kier alpha value is -2.54. The number of halogens is 2. The van der Waals surface area contributed by atoms with E-state index in [1.54, 1.807) is 0 Å². The number of aryl methyl sites for hydroxylation is 1. The lowest BCUT2D eigenvalue weighted by atomic mass is 10.2. The van der Waals surface area contributed by atoms with E-state index in [0.717, 1.165) is 12.1 Å². The van der Waals surface area contributed by atoms with Crippen molar-refractivity contribution in [3.8, 4) is 11.5 Å². The summed E-state index contributed by atoms with van der Waals surface area (Å²) in [6.07, 6.45) is 0. The molecule has 7 heteroatoms. The van der Waals surface area contributed by atoms with Crippen LogP contribution in [0.3, 0.4) is 0 Å². The van der Waals surface area contributed by atoms with Gasteiger partial charge in [0.1, 0.15) is 5.75 Å². The molecule has 0 fully saturated rings. The first-order valence-electron chi connectivity index (χ1n) is 5.94. The quantitative estimate of drug-likeness (QED) is 0.692. The Morgan fingerprint density at radius 3 is 2.33 bits per heavy atom. The number of nitro benzene ring substituents is 1. The lowest BCUT2D eigenvalue weighted by molar-refractivity contribution is -0.385. The lowest BCUT2D eigenvalue weighted by Gasteiger charge is -2.10. The first-order valence-corrected chi connectivity index (χ1v) is 5.94. The van der Waals surface area contributed by atoms with Crippen molar-refractivity contribution in [1.29, 1.82) is 0 Å². The minimum atomic E-state index is -0.963. The number of aliphatic hydroxyl groups excluding tert-OH is 1. The smallest absolute Gasteiger partial charge is 0.272 e. The summed E-state index contributed by atoms with van der Waals surface area (Å²) in [5, 5.41) is 19.5. The first-order chi connectivity index (χ1) is 9.92. The van der Waals surface area contributed by atoms with E-state index in [4.69, 9.17) is 9.84 Å². The third-order valence-electron chi connectivity index (χ3n) is 2.83. The number of aliphatic hydroxyl groups is 1. The van der Waals surface area contributed by atoms with Gasteiger partial charge in [0.15, 0.2) is 17.4 Å². The molecule has 0 unspecified atom stereocenters. The van der Waals surface area contributed by atoms with E-state index in [1.165, 1.54) is 25.1 Å². The van der Waals surface area contributed by atoms with E-state index in [1.807, 2.05) is 0 Å². The van der Waals surface area contributed by atoms with Gasteiger partial charge < -0.3 is 9.84 Å². The summed E-state index contributed by atoms with van der Waals surface area (Å²) in [6.45, 7) is 0.997. The monoisotopic (exact) mass is 295 g/mol. The van der Waals surface area contributed by atoms with Crippen molar-refractivity contribution >= 4 is 5.69 Å². The Bertz CT molecular complexity index is 680. The van der Waals surface area contributed by atoms with Crippen LogP contribution in [0.2, 0.25) is 0 Å². The second-order valence-corrected chi connectivity index (χ2v) is 4.35. The molecule has 2 rings (SSSR count). The van der Waals surface area contributed by atoms with E-state index in [9.17, 15) is 18.9 Å². The van der Waals surface area contributed by atoms with Crippen LogP contribution in [0, 0.1) is 28.7 Å². The van der Waals surface area contributed by atoms with Crippen molar-refractivity contribution in [2.45, 2.75) is 13.5 Å². The molecule has 0 radical (unpaired) electrons. The van der Waals surface area contributed by atoms with Crippen molar-refractivity contribution in [3.05, 3.63) is 63.2 Å². The zero-order valence-corrected chi connectivity index (χ0v) is 11.0. The summed E-state index contributed by atoms with van der Waals surface area (Å²) in [7, 11) is 0. The second kappa shape index (κ2) is 5.84. The van der Waals surface area contributed by atoms with E-state index in [-0.39, 0.29) is 17.0 Å². The molecule has 2 aromatic carbocycles. The molecule has 110 valence electrons. The predicted octanol–water partition coefficient (Wildman–Crippen LogP) is 3.47. The van der Waals surface area contributed by atoms with Gasteiger partial charge in [-0.15, -0.1) is 0 Å². The third-order valence-corrected chi connectivity index (χ3v) is 2.83. The van der Waals surface area contributed by atoms with Crippen LogP contribution in [0.1, 0.15) is 11.1 Å². The van der Waals surface area contributed by atoms with E-state index in [0.29, 0.717) is 5.56 Å². The van der Waals surface area contributed by atoms with Gasteiger partial charge in [0.2, 0.25) is 0 Å². The van der Waals surface area contributed by atoms with Crippen LogP contribution in [0.4, 0.5) is 14.5 Å². The summed E-state index contributed by atoms with van der Waals surface area (Å²) >= 11 is 0. The fraction of sp³-hybridized carbons (Fsp3) is 0.143. The fourth-order valence-electron chi connectivity index (χ4n) is 1.82. The van der Waals surface area contributed by atoms with Gasteiger partial charge in [-0.3, -0.25) is 10.1 Å². The maximum Gasteiger partial charge on any atom is 0.272 e. The normalized spacial score (nSPS) is 10.5. The zero-order valence-electron chi connectivity index (χ0n) is 11.0. The Labute approximate surface area is 118 Å². The minimum absolute atomic E-state index is 0.0765. The molecule has 2 aromatic rings. The van der Waals surface area contributed by atoms with Crippen molar-refractivity contribution in [3.63, 3.8) is 0 Å². The number of rotatable bonds is 4. The molecule has 0 atom stereocenters. The van der Waals surface area contributed by atoms with Gasteiger partial charge in [0.05, 0.1) is 11.5 Å². The van der Waals surface area contributed by atoms with Gasteiger partial charge >= 0.3 is 0 Å². The number of nitro groups is 1. The maximum atomic E-state index is 13.7. The molecule has 0 saturated carbocycles. The van der Waals surface area contributed by atoms with Crippen LogP contribution in [-0.2, 0) is 6.61 Å². The van der Waals surface area contributed by atoms with Crippen molar-refractivity contribution in [2.75, 3.05) is 0 Å². The highest BCUT2D eigenvalue weighted by Gasteiger charge is 2.16. The molecule has 0 aliphatic rings. The standard InChI is InChI=1S/C14H11F2NO4/c1-8-4-10(2-3-13(8)17(19)20)21-14-11(15)5-9(7-18)6-12(14)16/h2-6,18H,7H2,1H3. The topological polar surface area (TPSA) is 72.6 Å². The molecule has 1 N–H and O–H groups in total. The molecule has 0 amide bonds. The van der Waals surface area contributed by atoms with Crippen molar-refractivity contribution in [1.82, 2.24) is 0 Å². The Balaban J connectivity index is 2.35. The molecule has 0 bridgehead atoms. The Kier molecular flexibility index (Phi) is 4.13. The molecule has 0 saturated heterocycles. The SMILES string of the molecule is Cc1cc(Oc2c(F)cc(CO)cc2F)ccc1[N+](=O)[O-]. The molecular weight excluding hydrogens is 284 g/mol. The third kappa shape index (κ3) is 3.14. The summed E-state index contributed by atoms with van der Waals surface area (Å²) in [5.74, 6) is -2.47. The van der Waals surface area contributed by atoms with Gasteiger partial charge in [-0.1, -0.05) is 0 Å². The fourth-order valence-corrected chi connectivity index (χ4v) is 1.82. The number of hydrogen-bond donors (Lipinski definition) is 1. The Morgan fingerprint density at radius 2 is 1.86 bits per heavy atom.